The molecule has 0 bridgehead atoms. The number of rotatable bonds is 10. The minimum Gasteiger partial charge on any atom is -0.493 e. The lowest BCUT2D eigenvalue weighted by Crippen LogP contribution is -2.39. The third-order valence-electron chi connectivity index (χ3n) is 4.72. The first kappa shape index (κ1) is 26.3. The van der Waals surface area contributed by atoms with E-state index in [-0.39, 0.29) is 15.7 Å². The second-order valence-corrected chi connectivity index (χ2v) is 10.0. The SMILES string of the molecule is COc1cc(/C=N\NC(=O)CN(c2cccc(Cl)c2Cl)S(C)(=O)=O)ccc1OCc1ccccc1. The number of nitrogens with one attached hydrogen (secondary N) is 1. The van der Waals surface area contributed by atoms with E-state index in [4.69, 9.17) is 32.7 Å². The van der Waals surface area contributed by atoms with Crippen molar-refractivity contribution in [3.05, 3.63) is 87.9 Å². The summed E-state index contributed by atoms with van der Waals surface area (Å²) in [6.07, 6.45) is 2.37. The molecule has 0 atom stereocenters. The van der Waals surface area contributed by atoms with Gasteiger partial charge in [-0.3, -0.25) is 9.10 Å². The fraction of sp³-hybridized carbons (Fsp3) is 0.167. The molecule has 0 heterocycles. The van der Waals surface area contributed by atoms with Crippen LogP contribution in [0.3, 0.4) is 0 Å². The van der Waals surface area contributed by atoms with E-state index in [9.17, 15) is 13.2 Å². The van der Waals surface area contributed by atoms with Gasteiger partial charge in [0.15, 0.2) is 11.5 Å². The highest BCUT2D eigenvalue weighted by molar-refractivity contribution is 7.92. The van der Waals surface area contributed by atoms with Gasteiger partial charge in [0.25, 0.3) is 5.91 Å². The van der Waals surface area contributed by atoms with Gasteiger partial charge >= 0.3 is 0 Å². The van der Waals surface area contributed by atoms with Crippen LogP contribution < -0.4 is 19.2 Å². The Hall–Kier alpha value is -3.27. The molecule has 8 nitrogen and oxygen atoms in total. The maximum Gasteiger partial charge on any atom is 0.260 e. The number of halogens is 2. The summed E-state index contributed by atoms with van der Waals surface area (Å²) < 4.78 is 36.6. The minimum atomic E-state index is -3.82. The second-order valence-electron chi connectivity index (χ2n) is 7.32. The van der Waals surface area contributed by atoms with Crippen LogP contribution in [0.2, 0.25) is 10.0 Å². The van der Waals surface area contributed by atoms with Crippen molar-refractivity contribution in [2.75, 3.05) is 24.2 Å². The van der Waals surface area contributed by atoms with Crippen molar-refractivity contribution in [1.82, 2.24) is 5.43 Å². The normalized spacial score (nSPS) is 11.3. The predicted molar refractivity (Wildman–Crippen MR) is 138 cm³/mol. The highest BCUT2D eigenvalue weighted by Gasteiger charge is 2.23. The summed E-state index contributed by atoms with van der Waals surface area (Å²) >= 11 is 12.1. The Balaban J connectivity index is 1.65. The summed E-state index contributed by atoms with van der Waals surface area (Å²) in [5, 5.41) is 4.10. The average Bonchev–Trinajstić information content (AvgIpc) is 2.83. The molecule has 3 rings (SSSR count). The number of hydrogen-bond donors (Lipinski definition) is 1. The number of carbonyl (C=O) groups excluding carboxylic acids is 1. The molecule has 3 aromatic carbocycles. The van der Waals surface area contributed by atoms with Crippen LogP contribution in [-0.2, 0) is 21.4 Å². The molecule has 0 aliphatic carbocycles. The molecule has 3 aromatic rings. The molecule has 0 aliphatic heterocycles. The van der Waals surface area contributed by atoms with Crippen molar-refractivity contribution in [1.29, 1.82) is 0 Å². The maximum atomic E-state index is 12.4. The molecule has 0 aromatic heterocycles. The topological polar surface area (TPSA) is 97.3 Å². The van der Waals surface area contributed by atoms with E-state index in [0.717, 1.165) is 16.1 Å². The van der Waals surface area contributed by atoms with Gasteiger partial charge in [0.1, 0.15) is 13.2 Å². The Morgan fingerprint density at radius 3 is 2.49 bits per heavy atom. The number of sulfonamides is 1. The van der Waals surface area contributed by atoms with E-state index in [0.29, 0.717) is 23.7 Å². The number of benzene rings is 3. The fourth-order valence-corrected chi connectivity index (χ4v) is 4.34. The number of nitrogens with zero attached hydrogens (tertiary/aromatic N) is 2. The number of methoxy groups -OCH3 is 1. The van der Waals surface area contributed by atoms with Gasteiger partial charge in [0.2, 0.25) is 10.0 Å². The molecular formula is C24H23Cl2N3O5S. The first-order valence-corrected chi connectivity index (χ1v) is 12.9. The summed E-state index contributed by atoms with van der Waals surface area (Å²) in [5.41, 5.74) is 4.06. The molecule has 184 valence electrons. The first-order chi connectivity index (χ1) is 16.7. The van der Waals surface area contributed by atoms with Crippen molar-refractivity contribution in [3.8, 4) is 11.5 Å². The fourth-order valence-electron chi connectivity index (χ4n) is 3.03. The molecule has 0 saturated heterocycles. The van der Waals surface area contributed by atoms with Crippen LogP contribution in [0.1, 0.15) is 11.1 Å². The summed E-state index contributed by atoms with van der Waals surface area (Å²) in [7, 11) is -2.30. The van der Waals surface area contributed by atoms with Crippen LogP contribution in [0.25, 0.3) is 0 Å². The zero-order valence-corrected chi connectivity index (χ0v) is 21.3. The first-order valence-electron chi connectivity index (χ1n) is 10.3. The Kier molecular flexibility index (Phi) is 8.97. The molecule has 0 fully saturated rings. The van der Waals surface area contributed by atoms with Crippen LogP contribution in [0.15, 0.2) is 71.8 Å². The quantitative estimate of drug-likeness (QED) is 0.304. The van der Waals surface area contributed by atoms with E-state index in [1.807, 2.05) is 30.3 Å². The Labute approximate surface area is 214 Å². The Morgan fingerprint density at radius 1 is 1.06 bits per heavy atom. The van der Waals surface area contributed by atoms with Crippen molar-refractivity contribution >= 4 is 51.0 Å². The molecule has 0 aliphatic rings. The van der Waals surface area contributed by atoms with Crippen molar-refractivity contribution in [3.63, 3.8) is 0 Å². The van der Waals surface area contributed by atoms with Crippen molar-refractivity contribution < 1.29 is 22.7 Å². The summed E-state index contributed by atoms with van der Waals surface area (Å²) in [6.45, 7) is -0.153. The molecule has 1 amide bonds. The van der Waals surface area contributed by atoms with Crippen LogP contribution in [0, 0.1) is 0 Å². The molecule has 35 heavy (non-hydrogen) atoms. The van der Waals surface area contributed by atoms with Gasteiger partial charge in [-0.1, -0.05) is 59.6 Å². The van der Waals surface area contributed by atoms with Crippen LogP contribution in [0.5, 0.6) is 11.5 Å². The number of ether oxygens (including phenoxy) is 2. The van der Waals surface area contributed by atoms with Crippen LogP contribution in [-0.4, -0.2) is 40.4 Å². The van der Waals surface area contributed by atoms with Gasteiger partial charge in [-0.05, 0) is 41.5 Å². The van der Waals surface area contributed by atoms with Gasteiger partial charge in [0.05, 0.1) is 35.3 Å². The number of hydrazone groups is 1. The third-order valence-corrected chi connectivity index (χ3v) is 6.65. The third kappa shape index (κ3) is 7.35. The average molecular weight is 536 g/mol. The van der Waals surface area contributed by atoms with Crippen molar-refractivity contribution in [2.45, 2.75) is 6.61 Å². The van der Waals surface area contributed by atoms with Gasteiger partial charge < -0.3 is 9.47 Å². The molecule has 0 unspecified atom stereocenters. The summed E-state index contributed by atoms with van der Waals surface area (Å²) in [5.74, 6) is 0.382. The van der Waals surface area contributed by atoms with Crippen LogP contribution >= 0.6 is 23.2 Å². The largest absolute Gasteiger partial charge is 0.493 e. The van der Waals surface area contributed by atoms with E-state index >= 15 is 0 Å². The van der Waals surface area contributed by atoms with E-state index in [1.165, 1.54) is 25.5 Å². The van der Waals surface area contributed by atoms with E-state index in [1.54, 1.807) is 24.3 Å². The molecule has 0 saturated carbocycles. The highest BCUT2D eigenvalue weighted by Crippen LogP contribution is 2.33. The lowest BCUT2D eigenvalue weighted by molar-refractivity contribution is -0.119. The van der Waals surface area contributed by atoms with Gasteiger partial charge in [-0.15, -0.1) is 0 Å². The van der Waals surface area contributed by atoms with Gasteiger partial charge in [0, 0.05) is 0 Å². The minimum absolute atomic E-state index is 0.0255. The molecule has 1 N–H and O–H groups in total. The summed E-state index contributed by atoms with van der Waals surface area (Å²) in [4.78, 5) is 12.4. The standard InChI is InChI=1S/C24H23Cl2N3O5S/c1-33-22-13-18(11-12-21(22)34-16-17-7-4-3-5-8-17)14-27-28-23(30)15-29(35(2,31)32)20-10-6-9-19(25)24(20)26/h3-14H,15-16H2,1-2H3,(H,28,30)/b27-14-. The summed E-state index contributed by atoms with van der Waals surface area (Å²) in [6, 6.07) is 19.4. The molecule has 0 radical (unpaired) electrons. The van der Waals surface area contributed by atoms with E-state index < -0.39 is 22.5 Å². The Morgan fingerprint density at radius 2 is 1.80 bits per heavy atom. The van der Waals surface area contributed by atoms with Gasteiger partial charge in [-0.25, -0.2) is 13.8 Å². The van der Waals surface area contributed by atoms with E-state index in [2.05, 4.69) is 10.5 Å². The highest BCUT2D eigenvalue weighted by atomic mass is 35.5. The Bertz CT molecular complexity index is 1320. The zero-order chi connectivity index (χ0) is 25.4. The van der Waals surface area contributed by atoms with Crippen molar-refractivity contribution in [2.24, 2.45) is 5.10 Å². The molecule has 11 heteroatoms. The second kappa shape index (κ2) is 11.9. The number of amides is 1. The monoisotopic (exact) mass is 535 g/mol. The zero-order valence-electron chi connectivity index (χ0n) is 18.9. The van der Waals surface area contributed by atoms with Crippen LogP contribution in [0.4, 0.5) is 5.69 Å². The maximum absolute atomic E-state index is 12.4. The molecular weight excluding hydrogens is 513 g/mol. The smallest absolute Gasteiger partial charge is 0.260 e. The lowest BCUT2D eigenvalue weighted by atomic mass is 10.2. The van der Waals surface area contributed by atoms with Gasteiger partial charge in [-0.2, -0.15) is 5.10 Å². The number of hydrogen-bond acceptors (Lipinski definition) is 6. The predicted octanol–water partition coefficient (Wildman–Crippen LogP) is 4.50. The molecule has 0 spiro atoms. The number of anilines is 1. The lowest BCUT2D eigenvalue weighted by Gasteiger charge is -2.22. The number of carbonyl (C=O) groups is 1.